The lowest BCUT2D eigenvalue weighted by molar-refractivity contribution is 0.282. The summed E-state index contributed by atoms with van der Waals surface area (Å²) in [5.41, 5.74) is 2.37. The Balaban J connectivity index is 2.37. The van der Waals surface area contributed by atoms with E-state index < -0.39 is 10.2 Å². The van der Waals surface area contributed by atoms with Gasteiger partial charge in [-0.3, -0.25) is 0 Å². The third-order valence-electron chi connectivity index (χ3n) is 3.35. The van der Waals surface area contributed by atoms with Gasteiger partial charge in [-0.05, 0) is 24.0 Å². The van der Waals surface area contributed by atoms with Crippen LogP contribution in [0.2, 0.25) is 0 Å². The lowest BCUT2D eigenvalue weighted by Crippen LogP contribution is -2.48. The van der Waals surface area contributed by atoms with E-state index in [0.29, 0.717) is 6.54 Å². The molecule has 0 aliphatic carbocycles. The van der Waals surface area contributed by atoms with Crippen LogP contribution < -0.4 is 4.72 Å². The van der Waals surface area contributed by atoms with Crippen molar-refractivity contribution < 1.29 is 8.42 Å². The molecule has 1 aliphatic rings. The first-order chi connectivity index (χ1) is 8.08. The van der Waals surface area contributed by atoms with Crippen LogP contribution in [0.3, 0.4) is 0 Å². The van der Waals surface area contributed by atoms with E-state index >= 15 is 0 Å². The van der Waals surface area contributed by atoms with Crippen LogP contribution in [0, 0.1) is 0 Å². The highest BCUT2D eigenvalue weighted by Gasteiger charge is 2.32. The minimum atomic E-state index is -3.34. The van der Waals surface area contributed by atoms with Gasteiger partial charge < -0.3 is 0 Å². The molecule has 0 radical (unpaired) electrons. The Kier molecular flexibility index (Phi) is 3.51. The summed E-state index contributed by atoms with van der Waals surface area (Å²) in [5.74, 6) is 0. The molecule has 1 aromatic carbocycles. The fourth-order valence-corrected chi connectivity index (χ4v) is 3.47. The molecule has 2 rings (SSSR count). The van der Waals surface area contributed by atoms with Gasteiger partial charge in [-0.2, -0.15) is 12.7 Å². The van der Waals surface area contributed by atoms with Crippen molar-refractivity contribution in [3.05, 3.63) is 35.4 Å². The van der Waals surface area contributed by atoms with Crippen molar-refractivity contribution in [2.45, 2.75) is 32.4 Å². The van der Waals surface area contributed by atoms with Crippen molar-refractivity contribution in [1.82, 2.24) is 9.03 Å². The first kappa shape index (κ1) is 12.5. The van der Waals surface area contributed by atoms with E-state index in [1.54, 1.807) is 4.31 Å². The van der Waals surface area contributed by atoms with E-state index in [2.05, 4.69) is 10.8 Å². The minimum Gasteiger partial charge on any atom is -0.205 e. The van der Waals surface area contributed by atoms with Gasteiger partial charge in [0.05, 0.1) is 0 Å². The maximum absolute atomic E-state index is 11.9. The predicted molar refractivity (Wildman–Crippen MR) is 67.7 cm³/mol. The molecular weight excluding hydrogens is 236 g/mol. The molecule has 0 aromatic heterocycles. The van der Waals surface area contributed by atoms with Gasteiger partial charge in [0.1, 0.15) is 0 Å². The smallest absolute Gasteiger partial charge is 0.205 e. The van der Waals surface area contributed by atoms with Crippen LogP contribution in [0.5, 0.6) is 0 Å². The predicted octanol–water partition coefficient (Wildman–Crippen LogP) is 1.29. The quantitative estimate of drug-likeness (QED) is 0.883. The number of nitrogens with zero attached hydrogens (tertiary/aromatic N) is 1. The van der Waals surface area contributed by atoms with Crippen LogP contribution in [0.4, 0.5) is 0 Å². The summed E-state index contributed by atoms with van der Waals surface area (Å²) in [6.45, 7) is 2.49. The highest BCUT2D eigenvalue weighted by Crippen LogP contribution is 2.26. The second kappa shape index (κ2) is 4.76. The lowest BCUT2D eigenvalue weighted by atomic mass is 9.95. The first-order valence-corrected chi connectivity index (χ1v) is 7.29. The van der Waals surface area contributed by atoms with Crippen molar-refractivity contribution in [2.75, 3.05) is 7.05 Å². The monoisotopic (exact) mass is 254 g/mol. The highest BCUT2D eigenvalue weighted by atomic mass is 32.2. The average molecular weight is 254 g/mol. The minimum absolute atomic E-state index is 0.0577. The van der Waals surface area contributed by atoms with Gasteiger partial charge in [0.15, 0.2) is 0 Å². The Morgan fingerprint density at radius 2 is 2.00 bits per heavy atom. The van der Waals surface area contributed by atoms with Crippen molar-refractivity contribution in [2.24, 2.45) is 0 Å². The Labute approximate surface area is 103 Å². The summed E-state index contributed by atoms with van der Waals surface area (Å²) in [4.78, 5) is 0. The van der Waals surface area contributed by atoms with Crippen molar-refractivity contribution in [1.29, 1.82) is 0 Å². The van der Waals surface area contributed by atoms with E-state index in [1.165, 1.54) is 12.6 Å². The zero-order valence-corrected chi connectivity index (χ0v) is 11.0. The Hall–Kier alpha value is -0.910. The van der Waals surface area contributed by atoms with E-state index in [9.17, 15) is 8.42 Å². The maximum atomic E-state index is 11.9. The molecule has 0 bridgehead atoms. The number of fused-ring (bicyclic) bond motifs is 1. The molecule has 1 atom stereocenters. The van der Waals surface area contributed by atoms with Gasteiger partial charge in [-0.25, -0.2) is 4.72 Å². The van der Waals surface area contributed by atoms with E-state index in [4.69, 9.17) is 0 Å². The third kappa shape index (κ3) is 2.36. The fraction of sp³-hybridized carbons (Fsp3) is 0.500. The van der Waals surface area contributed by atoms with Gasteiger partial charge in [0.25, 0.3) is 10.2 Å². The molecule has 0 saturated heterocycles. The number of benzene rings is 1. The summed E-state index contributed by atoms with van der Waals surface area (Å²) in [6, 6.07) is 8.10. The number of nitrogens with one attached hydrogen (secondary N) is 1. The van der Waals surface area contributed by atoms with Crippen LogP contribution in [-0.4, -0.2) is 25.8 Å². The van der Waals surface area contributed by atoms with Crippen molar-refractivity contribution in [3.63, 3.8) is 0 Å². The van der Waals surface area contributed by atoms with Crippen LogP contribution in [0.1, 0.15) is 24.5 Å². The molecule has 1 N–H and O–H groups in total. The zero-order valence-electron chi connectivity index (χ0n) is 10.2. The maximum Gasteiger partial charge on any atom is 0.279 e. The molecule has 94 valence electrons. The van der Waals surface area contributed by atoms with Crippen molar-refractivity contribution in [3.8, 4) is 0 Å². The second-order valence-corrected chi connectivity index (χ2v) is 6.12. The molecule has 1 aromatic rings. The first-order valence-electron chi connectivity index (χ1n) is 5.85. The standard InChI is InChI=1S/C12H18N2O2S/c1-3-12-8-10-6-4-5-7-11(10)9-14(12)17(15,16)13-2/h4-7,12-13H,3,8-9H2,1-2H3. The summed E-state index contributed by atoms with van der Waals surface area (Å²) in [7, 11) is -1.88. The zero-order chi connectivity index (χ0) is 12.5. The summed E-state index contributed by atoms with van der Waals surface area (Å²) >= 11 is 0. The topological polar surface area (TPSA) is 49.4 Å². The summed E-state index contributed by atoms with van der Waals surface area (Å²) in [6.07, 6.45) is 1.63. The Morgan fingerprint density at radius 3 is 2.59 bits per heavy atom. The van der Waals surface area contributed by atoms with Gasteiger partial charge in [-0.1, -0.05) is 31.2 Å². The van der Waals surface area contributed by atoms with Crippen LogP contribution in [0.15, 0.2) is 24.3 Å². The third-order valence-corrected chi connectivity index (χ3v) is 4.91. The number of hydrogen-bond acceptors (Lipinski definition) is 2. The summed E-state index contributed by atoms with van der Waals surface area (Å²) < 4.78 is 27.9. The molecule has 0 amide bonds. The van der Waals surface area contributed by atoms with E-state index in [0.717, 1.165) is 18.4 Å². The van der Waals surface area contributed by atoms with Crippen LogP contribution in [0.25, 0.3) is 0 Å². The lowest BCUT2D eigenvalue weighted by Gasteiger charge is -2.35. The van der Waals surface area contributed by atoms with Crippen LogP contribution >= 0.6 is 0 Å². The fourth-order valence-electron chi connectivity index (χ4n) is 2.31. The van der Waals surface area contributed by atoms with Gasteiger partial charge >= 0.3 is 0 Å². The van der Waals surface area contributed by atoms with Gasteiger partial charge in [0, 0.05) is 19.6 Å². The van der Waals surface area contributed by atoms with E-state index in [-0.39, 0.29) is 6.04 Å². The Morgan fingerprint density at radius 1 is 1.35 bits per heavy atom. The molecule has 4 nitrogen and oxygen atoms in total. The average Bonchev–Trinajstić information content (AvgIpc) is 2.37. The van der Waals surface area contributed by atoms with Crippen LogP contribution in [-0.2, 0) is 23.2 Å². The SMILES string of the molecule is CCC1Cc2ccccc2CN1S(=O)(=O)NC. The molecule has 1 unspecified atom stereocenters. The summed E-state index contributed by atoms with van der Waals surface area (Å²) in [5, 5.41) is 0. The van der Waals surface area contributed by atoms with Gasteiger partial charge in [-0.15, -0.1) is 0 Å². The largest absolute Gasteiger partial charge is 0.279 e. The molecule has 5 heteroatoms. The van der Waals surface area contributed by atoms with Gasteiger partial charge in [0.2, 0.25) is 0 Å². The second-order valence-electron chi connectivity index (χ2n) is 4.29. The molecule has 0 saturated carbocycles. The Bertz CT molecular complexity index is 499. The molecular formula is C12H18N2O2S. The number of hydrogen-bond donors (Lipinski definition) is 1. The molecule has 0 fully saturated rings. The highest BCUT2D eigenvalue weighted by molar-refractivity contribution is 7.87. The van der Waals surface area contributed by atoms with Crippen molar-refractivity contribution >= 4 is 10.2 Å². The molecule has 1 aliphatic heterocycles. The normalized spacial score (nSPS) is 21.2. The molecule has 1 heterocycles. The molecule has 0 spiro atoms. The molecule has 17 heavy (non-hydrogen) atoms. The number of rotatable bonds is 3. The van der Waals surface area contributed by atoms with E-state index in [1.807, 2.05) is 25.1 Å².